The SMILES string of the molecule is Cc1ccc(C)c(S(=O)(=O)NCCC(=O)NC(C)c2ccc(C)o2)c1. The molecule has 2 aromatic rings. The topological polar surface area (TPSA) is 88.4 Å². The van der Waals surface area contributed by atoms with E-state index in [1.807, 2.05) is 39.0 Å². The summed E-state index contributed by atoms with van der Waals surface area (Å²) in [6, 6.07) is 8.62. The summed E-state index contributed by atoms with van der Waals surface area (Å²) in [5.41, 5.74) is 1.54. The largest absolute Gasteiger partial charge is 0.464 e. The number of carbonyl (C=O) groups is 1. The molecule has 1 amide bonds. The van der Waals surface area contributed by atoms with E-state index >= 15 is 0 Å². The third-order valence-electron chi connectivity index (χ3n) is 3.84. The van der Waals surface area contributed by atoms with Gasteiger partial charge in [-0.1, -0.05) is 12.1 Å². The Morgan fingerprint density at radius 1 is 1.16 bits per heavy atom. The first-order valence-corrected chi connectivity index (χ1v) is 9.60. The van der Waals surface area contributed by atoms with Crippen molar-refractivity contribution in [1.29, 1.82) is 0 Å². The Hall–Kier alpha value is -2.12. The van der Waals surface area contributed by atoms with Gasteiger partial charge in [-0.2, -0.15) is 0 Å². The van der Waals surface area contributed by atoms with Gasteiger partial charge in [-0.05, 0) is 57.0 Å². The molecular weight excluding hydrogens is 340 g/mol. The average Bonchev–Trinajstić information content (AvgIpc) is 2.96. The zero-order valence-corrected chi connectivity index (χ0v) is 15.7. The number of rotatable bonds is 7. The van der Waals surface area contributed by atoms with Gasteiger partial charge < -0.3 is 9.73 Å². The summed E-state index contributed by atoms with van der Waals surface area (Å²) >= 11 is 0. The van der Waals surface area contributed by atoms with Crippen molar-refractivity contribution in [2.45, 2.75) is 45.1 Å². The van der Waals surface area contributed by atoms with Crippen LogP contribution in [0.3, 0.4) is 0 Å². The molecule has 0 bridgehead atoms. The van der Waals surface area contributed by atoms with E-state index < -0.39 is 10.0 Å². The van der Waals surface area contributed by atoms with Crippen LogP contribution in [0.1, 0.15) is 42.0 Å². The second-order valence-electron chi connectivity index (χ2n) is 6.15. The van der Waals surface area contributed by atoms with Crippen LogP contribution in [0.4, 0.5) is 0 Å². The number of hydrogen-bond donors (Lipinski definition) is 2. The predicted octanol–water partition coefficient (Wildman–Crippen LogP) is 2.75. The quantitative estimate of drug-likeness (QED) is 0.791. The van der Waals surface area contributed by atoms with Crippen molar-refractivity contribution in [3.8, 4) is 0 Å². The number of carbonyl (C=O) groups excluding carboxylic acids is 1. The van der Waals surface area contributed by atoms with Crippen LogP contribution >= 0.6 is 0 Å². The van der Waals surface area contributed by atoms with Crippen molar-refractivity contribution in [2.75, 3.05) is 6.54 Å². The molecule has 0 aliphatic carbocycles. The van der Waals surface area contributed by atoms with Crippen molar-refractivity contribution in [3.05, 3.63) is 53.0 Å². The highest BCUT2D eigenvalue weighted by atomic mass is 32.2. The van der Waals surface area contributed by atoms with E-state index in [0.717, 1.165) is 11.3 Å². The second kappa shape index (κ2) is 7.84. The van der Waals surface area contributed by atoms with E-state index in [4.69, 9.17) is 4.42 Å². The van der Waals surface area contributed by atoms with Crippen molar-refractivity contribution in [3.63, 3.8) is 0 Å². The molecule has 0 aliphatic rings. The minimum atomic E-state index is -3.63. The molecule has 1 heterocycles. The highest BCUT2D eigenvalue weighted by molar-refractivity contribution is 7.89. The number of aryl methyl sites for hydroxylation is 3. The van der Waals surface area contributed by atoms with Crippen LogP contribution in [-0.2, 0) is 14.8 Å². The molecule has 0 saturated carbocycles. The molecule has 2 N–H and O–H groups in total. The van der Waals surface area contributed by atoms with Gasteiger partial charge in [0.05, 0.1) is 10.9 Å². The normalized spacial score (nSPS) is 12.8. The Labute approximate surface area is 148 Å². The summed E-state index contributed by atoms with van der Waals surface area (Å²) in [7, 11) is -3.63. The molecule has 0 spiro atoms. The summed E-state index contributed by atoms with van der Waals surface area (Å²) < 4.78 is 32.7. The number of amides is 1. The minimum absolute atomic E-state index is 0.0332. The van der Waals surface area contributed by atoms with Gasteiger partial charge in [0.1, 0.15) is 11.5 Å². The van der Waals surface area contributed by atoms with Crippen molar-refractivity contribution >= 4 is 15.9 Å². The van der Waals surface area contributed by atoms with Crippen molar-refractivity contribution in [1.82, 2.24) is 10.0 Å². The third kappa shape index (κ3) is 5.17. The lowest BCUT2D eigenvalue weighted by molar-refractivity contribution is -0.121. The summed E-state index contributed by atoms with van der Waals surface area (Å²) in [5, 5.41) is 2.79. The molecule has 25 heavy (non-hydrogen) atoms. The van der Waals surface area contributed by atoms with Gasteiger partial charge in [0.25, 0.3) is 0 Å². The Bertz CT molecular complexity index is 856. The predicted molar refractivity (Wildman–Crippen MR) is 95.7 cm³/mol. The van der Waals surface area contributed by atoms with Crippen LogP contribution in [-0.4, -0.2) is 20.9 Å². The first-order chi connectivity index (χ1) is 11.7. The number of furan rings is 1. The van der Waals surface area contributed by atoms with Gasteiger partial charge in [0.2, 0.25) is 15.9 Å². The first kappa shape index (κ1) is 19.2. The lowest BCUT2D eigenvalue weighted by Crippen LogP contribution is -2.32. The van der Waals surface area contributed by atoms with Gasteiger partial charge in [0.15, 0.2) is 0 Å². The molecule has 0 radical (unpaired) electrons. The molecule has 1 aromatic heterocycles. The van der Waals surface area contributed by atoms with Crippen LogP contribution in [0, 0.1) is 20.8 Å². The molecule has 0 saturated heterocycles. The van der Waals surface area contributed by atoms with E-state index in [1.165, 1.54) is 0 Å². The summed E-state index contributed by atoms with van der Waals surface area (Å²) in [5.74, 6) is 1.20. The monoisotopic (exact) mass is 364 g/mol. The third-order valence-corrected chi connectivity index (χ3v) is 5.45. The Balaban J connectivity index is 1.89. The van der Waals surface area contributed by atoms with Crippen molar-refractivity contribution in [2.24, 2.45) is 0 Å². The molecular formula is C18H24N2O4S. The maximum Gasteiger partial charge on any atom is 0.240 e. The van der Waals surface area contributed by atoms with E-state index in [-0.39, 0.29) is 29.8 Å². The smallest absolute Gasteiger partial charge is 0.240 e. The standard InChI is InChI=1S/C18H24N2O4S/c1-12-5-6-13(2)17(11-12)25(22,23)19-10-9-18(21)20-15(4)16-8-7-14(3)24-16/h5-8,11,15,19H,9-10H2,1-4H3,(H,20,21). The van der Waals surface area contributed by atoms with Crippen molar-refractivity contribution < 1.29 is 17.6 Å². The number of sulfonamides is 1. The van der Waals surface area contributed by atoms with Gasteiger partial charge in [-0.25, -0.2) is 13.1 Å². The lowest BCUT2D eigenvalue weighted by atomic mass is 10.2. The summed E-state index contributed by atoms with van der Waals surface area (Å²) in [6.07, 6.45) is 0.0497. The average molecular weight is 364 g/mol. The van der Waals surface area contributed by atoms with E-state index in [9.17, 15) is 13.2 Å². The van der Waals surface area contributed by atoms with Crippen LogP contribution in [0.2, 0.25) is 0 Å². The fourth-order valence-corrected chi connectivity index (χ4v) is 3.80. The molecule has 6 nitrogen and oxygen atoms in total. The number of hydrogen-bond acceptors (Lipinski definition) is 4. The van der Waals surface area contributed by atoms with Crippen LogP contribution < -0.4 is 10.0 Å². The van der Waals surface area contributed by atoms with Gasteiger partial charge >= 0.3 is 0 Å². The second-order valence-corrected chi connectivity index (χ2v) is 7.89. The maximum atomic E-state index is 12.4. The number of benzene rings is 1. The van der Waals surface area contributed by atoms with Crippen LogP contribution in [0.5, 0.6) is 0 Å². The Kier molecular flexibility index (Phi) is 6.02. The molecule has 1 unspecified atom stereocenters. The maximum absolute atomic E-state index is 12.4. The molecule has 1 atom stereocenters. The van der Waals surface area contributed by atoms with Crippen LogP contribution in [0.25, 0.3) is 0 Å². The zero-order valence-electron chi connectivity index (χ0n) is 14.9. The van der Waals surface area contributed by atoms with Gasteiger partial charge in [0, 0.05) is 13.0 Å². The lowest BCUT2D eigenvalue weighted by Gasteiger charge is -2.13. The van der Waals surface area contributed by atoms with E-state index in [2.05, 4.69) is 10.0 Å². The number of nitrogens with one attached hydrogen (secondary N) is 2. The van der Waals surface area contributed by atoms with Gasteiger partial charge in [-0.15, -0.1) is 0 Å². The fraction of sp³-hybridized carbons (Fsp3) is 0.389. The molecule has 7 heteroatoms. The molecule has 1 aromatic carbocycles. The van der Waals surface area contributed by atoms with Crippen LogP contribution in [0.15, 0.2) is 39.6 Å². The minimum Gasteiger partial charge on any atom is -0.464 e. The Morgan fingerprint density at radius 2 is 1.88 bits per heavy atom. The summed E-state index contributed by atoms with van der Waals surface area (Å²) in [4.78, 5) is 12.2. The molecule has 0 fully saturated rings. The Morgan fingerprint density at radius 3 is 2.52 bits per heavy atom. The summed E-state index contributed by atoms with van der Waals surface area (Å²) in [6.45, 7) is 7.26. The van der Waals surface area contributed by atoms with E-state index in [1.54, 1.807) is 19.1 Å². The first-order valence-electron chi connectivity index (χ1n) is 8.11. The highest BCUT2D eigenvalue weighted by Gasteiger charge is 2.18. The fourth-order valence-electron chi connectivity index (χ4n) is 2.44. The molecule has 2 rings (SSSR count). The molecule has 136 valence electrons. The van der Waals surface area contributed by atoms with Gasteiger partial charge in [-0.3, -0.25) is 4.79 Å². The van der Waals surface area contributed by atoms with E-state index in [0.29, 0.717) is 11.3 Å². The highest BCUT2D eigenvalue weighted by Crippen LogP contribution is 2.17. The zero-order chi connectivity index (χ0) is 18.6. The molecule has 0 aliphatic heterocycles.